The molecule has 2 aromatic rings. The van der Waals surface area contributed by atoms with Crippen molar-refractivity contribution in [3.8, 4) is 11.5 Å². The molecule has 0 unspecified atom stereocenters. The number of nitrogens with zero attached hydrogens (tertiary/aromatic N) is 2. The predicted molar refractivity (Wildman–Crippen MR) is 113 cm³/mol. The first kappa shape index (κ1) is 20.6. The Hall–Kier alpha value is -3.65. The molecule has 0 radical (unpaired) electrons. The summed E-state index contributed by atoms with van der Waals surface area (Å²) >= 11 is 0. The monoisotopic (exact) mass is 422 g/mol. The Morgan fingerprint density at radius 1 is 1.13 bits per heavy atom. The third-order valence-electron chi connectivity index (χ3n) is 4.85. The van der Waals surface area contributed by atoms with Crippen LogP contribution in [0.3, 0.4) is 0 Å². The molecule has 31 heavy (non-hydrogen) atoms. The van der Waals surface area contributed by atoms with Crippen LogP contribution in [0.4, 0.5) is 0 Å². The number of carbonyl (C=O) groups excluding carboxylic acids is 2. The van der Waals surface area contributed by atoms with Crippen LogP contribution in [0.2, 0.25) is 0 Å². The number of rotatable bonds is 6. The van der Waals surface area contributed by atoms with E-state index in [-0.39, 0.29) is 24.1 Å². The fraction of sp³-hybridized carbons (Fsp3) is 0.261. The Morgan fingerprint density at radius 3 is 2.65 bits per heavy atom. The Morgan fingerprint density at radius 2 is 1.90 bits per heavy atom. The summed E-state index contributed by atoms with van der Waals surface area (Å²) in [6.45, 7) is 2.11. The zero-order valence-corrected chi connectivity index (χ0v) is 17.1. The van der Waals surface area contributed by atoms with Gasteiger partial charge in [-0.25, -0.2) is 9.79 Å². The molecule has 2 heterocycles. The van der Waals surface area contributed by atoms with E-state index in [1.54, 1.807) is 29.2 Å². The summed E-state index contributed by atoms with van der Waals surface area (Å²) in [5.41, 5.74) is 1.61. The van der Waals surface area contributed by atoms with Crippen molar-refractivity contribution in [2.45, 2.75) is 0 Å². The maximum atomic E-state index is 12.3. The molecule has 8 nitrogen and oxygen atoms in total. The molecule has 0 aliphatic carbocycles. The lowest BCUT2D eigenvalue weighted by atomic mass is 10.1. The van der Waals surface area contributed by atoms with Crippen LogP contribution in [0.1, 0.15) is 11.1 Å². The van der Waals surface area contributed by atoms with E-state index < -0.39 is 5.97 Å². The lowest BCUT2D eigenvalue weighted by Gasteiger charge is -2.26. The van der Waals surface area contributed by atoms with Crippen LogP contribution in [-0.2, 0) is 19.1 Å². The molecular weight excluding hydrogens is 400 g/mol. The minimum absolute atomic E-state index is 0.0894. The van der Waals surface area contributed by atoms with E-state index in [1.807, 2.05) is 30.3 Å². The van der Waals surface area contributed by atoms with Crippen LogP contribution >= 0.6 is 0 Å². The number of esters is 1. The molecule has 2 aliphatic heterocycles. The molecule has 1 fully saturated rings. The molecule has 1 amide bonds. The average molecular weight is 422 g/mol. The van der Waals surface area contributed by atoms with Gasteiger partial charge in [0.15, 0.2) is 23.8 Å². The van der Waals surface area contributed by atoms with Crippen LogP contribution in [0.5, 0.6) is 11.5 Å². The lowest BCUT2D eigenvalue weighted by Crippen LogP contribution is -2.43. The molecule has 0 atom stereocenters. The van der Waals surface area contributed by atoms with Crippen molar-refractivity contribution in [1.82, 2.24) is 4.90 Å². The molecule has 4 rings (SSSR count). The quantitative estimate of drug-likeness (QED) is 0.524. The van der Waals surface area contributed by atoms with Gasteiger partial charge in [0.2, 0.25) is 5.90 Å². The highest BCUT2D eigenvalue weighted by Crippen LogP contribution is 2.30. The first-order valence-electron chi connectivity index (χ1n) is 9.88. The smallest absolute Gasteiger partial charge is 0.363 e. The Kier molecular flexibility index (Phi) is 6.28. The van der Waals surface area contributed by atoms with Crippen LogP contribution in [0.25, 0.3) is 6.08 Å². The zero-order valence-electron chi connectivity index (χ0n) is 17.1. The maximum Gasteiger partial charge on any atom is 0.363 e. The minimum Gasteiger partial charge on any atom is -0.493 e. The normalized spacial score (nSPS) is 17.3. The highest BCUT2D eigenvalue weighted by molar-refractivity contribution is 6.12. The van der Waals surface area contributed by atoms with Crippen LogP contribution < -0.4 is 9.47 Å². The van der Waals surface area contributed by atoms with E-state index in [0.29, 0.717) is 43.4 Å². The van der Waals surface area contributed by atoms with E-state index in [1.165, 1.54) is 7.11 Å². The number of amides is 1. The number of methoxy groups -OCH3 is 1. The number of aliphatic imine (C=N–C) groups is 1. The van der Waals surface area contributed by atoms with Gasteiger partial charge in [-0.2, -0.15) is 0 Å². The molecule has 0 aromatic heterocycles. The topological polar surface area (TPSA) is 86.7 Å². The van der Waals surface area contributed by atoms with Crippen molar-refractivity contribution in [2.24, 2.45) is 4.99 Å². The van der Waals surface area contributed by atoms with Gasteiger partial charge in [0.05, 0.1) is 20.3 Å². The summed E-state index contributed by atoms with van der Waals surface area (Å²) in [6, 6.07) is 14.4. The number of morpholine rings is 1. The molecule has 0 saturated carbocycles. The number of benzene rings is 2. The second-order valence-corrected chi connectivity index (χ2v) is 6.89. The summed E-state index contributed by atoms with van der Waals surface area (Å²) in [6.07, 6.45) is 1.61. The van der Waals surface area contributed by atoms with E-state index in [2.05, 4.69) is 4.99 Å². The summed E-state index contributed by atoms with van der Waals surface area (Å²) in [5, 5.41) is 0. The summed E-state index contributed by atoms with van der Waals surface area (Å²) < 4.78 is 21.6. The van der Waals surface area contributed by atoms with Gasteiger partial charge >= 0.3 is 5.97 Å². The third-order valence-corrected chi connectivity index (χ3v) is 4.85. The van der Waals surface area contributed by atoms with Crippen molar-refractivity contribution < 1.29 is 28.5 Å². The van der Waals surface area contributed by atoms with Gasteiger partial charge in [-0.15, -0.1) is 0 Å². The van der Waals surface area contributed by atoms with Crippen LogP contribution in [0.15, 0.2) is 59.2 Å². The third kappa shape index (κ3) is 4.92. The molecule has 8 heteroatoms. The number of hydrogen-bond donors (Lipinski definition) is 0. The minimum atomic E-state index is -0.519. The summed E-state index contributed by atoms with van der Waals surface area (Å²) in [5.74, 6) is 0.532. The molecule has 1 saturated heterocycles. The number of carbonyl (C=O) groups is 2. The highest BCUT2D eigenvalue weighted by Gasteiger charge is 2.24. The first-order valence-corrected chi connectivity index (χ1v) is 9.88. The van der Waals surface area contributed by atoms with Crippen molar-refractivity contribution in [3.63, 3.8) is 0 Å². The Bertz CT molecular complexity index is 1030. The Labute approximate surface area is 179 Å². The summed E-state index contributed by atoms with van der Waals surface area (Å²) in [4.78, 5) is 30.5. The SMILES string of the molecule is COc1cc(/C=C2\N=C(c3ccccc3)OC2=O)ccc1OCC(=O)N1CCOCC1. The van der Waals surface area contributed by atoms with Crippen molar-refractivity contribution >= 4 is 23.9 Å². The first-order chi connectivity index (χ1) is 15.1. The van der Waals surface area contributed by atoms with E-state index in [4.69, 9.17) is 18.9 Å². The molecule has 160 valence electrons. The number of cyclic esters (lactones) is 1. The molecule has 0 bridgehead atoms. The standard InChI is InChI=1S/C23H22N2O6/c1-28-20-14-16(7-8-19(20)30-15-21(26)25-9-11-29-12-10-25)13-18-23(27)31-22(24-18)17-5-3-2-4-6-17/h2-8,13-14H,9-12,15H2,1H3/b18-13-. The molecule has 2 aromatic carbocycles. The van der Waals surface area contributed by atoms with Gasteiger partial charge in [-0.05, 0) is 35.9 Å². The van der Waals surface area contributed by atoms with Crippen molar-refractivity contribution in [3.05, 3.63) is 65.4 Å². The molecule has 0 N–H and O–H groups in total. The molecule has 2 aliphatic rings. The van der Waals surface area contributed by atoms with Gasteiger partial charge in [-0.1, -0.05) is 24.3 Å². The second-order valence-electron chi connectivity index (χ2n) is 6.89. The van der Waals surface area contributed by atoms with Crippen LogP contribution in [-0.4, -0.2) is 62.7 Å². The Balaban J connectivity index is 1.47. The van der Waals surface area contributed by atoms with Crippen LogP contribution in [0, 0.1) is 0 Å². The molecule has 0 spiro atoms. The van der Waals surface area contributed by atoms with Gasteiger partial charge in [0.25, 0.3) is 5.91 Å². The van der Waals surface area contributed by atoms with Gasteiger partial charge < -0.3 is 23.8 Å². The van der Waals surface area contributed by atoms with E-state index >= 15 is 0 Å². The van der Waals surface area contributed by atoms with Crippen molar-refractivity contribution in [2.75, 3.05) is 40.0 Å². The van der Waals surface area contributed by atoms with Crippen molar-refractivity contribution in [1.29, 1.82) is 0 Å². The maximum absolute atomic E-state index is 12.3. The lowest BCUT2D eigenvalue weighted by molar-refractivity contribution is -0.137. The molecular formula is C23H22N2O6. The van der Waals surface area contributed by atoms with Gasteiger partial charge in [0.1, 0.15) is 0 Å². The largest absolute Gasteiger partial charge is 0.493 e. The number of hydrogen-bond acceptors (Lipinski definition) is 7. The zero-order chi connectivity index (χ0) is 21.6. The second kappa shape index (κ2) is 9.44. The van der Waals surface area contributed by atoms with E-state index in [0.717, 1.165) is 5.56 Å². The predicted octanol–water partition coefficient (Wildman–Crippen LogP) is 2.28. The fourth-order valence-electron chi connectivity index (χ4n) is 3.21. The average Bonchev–Trinajstić information content (AvgIpc) is 3.19. The van der Waals surface area contributed by atoms with Gasteiger partial charge in [-0.3, -0.25) is 4.79 Å². The fourth-order valence-corrected chi connectivity index (χ4v) is 3.21. The van der Waals surface area contributed by atoms with Gasteiger partial charge in [0, 0.05) is 18.7 Å². The number of ether oxygens (including phenoxy) is 4. The highest BCUT2D eigenvalue weighted by atomic mass is 16.6. The van der Waals surface area contributed by atoms with E-state index in [9.17, 15) is 9.59 Å². The summed E-state index contributed by atoms with van der Waals surface area (Å²) in [7, 11) is 1.51.